The number of aromatic nitrogens is 2. The molecule has 3 aromatic rings. The number of rotatable bonds is 4. The molecule has 0 aliphatic carbocycles. The highest BCUT2D eigenvalue weighted by Gasteiger charge is 2.09. The Hall–Kier alpha value is -2.35. The van der Waals surface area contributed by atoms with Gasteiger partial charge >= 0.3 is 0 Å². The quantitative estimate of drug-likeness (QED) is 0.547. The number of para-hydroxylation sites is 1. The van der Waals surface area contributed by atoms with E-state index in [1.54, 1.807) is 0 Å². The SMILES string of the molecule is Cc1ccccc1Nc1ncnc(Nc2ccc(I)cc2)c1N. The lowest BCUT2D eigenvalue weighted by Gasteiger charge is -2.13. The summed E-state index contributed by atoms with van der Waals surface area (Å²) >= 11 is 2.27. The maximum absolute atomic E-state index is 6.21. The van der Waals surface area contributed by atoms with Crippen LogP contribution in [0.5, 0.6) is 0 Å². The Morgan fingerprint density at radius 1 is 0.913 bits per heavy atom. The molecule has 0 aliphatic heterocycles. The normalized spacial score (nSPS) is 10.3. The van der Waals surface area contributed by atoms with E-state index < -0.39 is 0 Å². The highest BCUT2D eigenvalue weighted by Crippen LogP contribution is 2.29. The largest absolute Gasteiger partial charge is 0.393 e. The van der Waals surface area contributed by atoms with Crippen LogP contribution in [0.2, 0.25) is 0 Å². The van der Waals surface area contributed by atoms with Crippen LogP contribution < -0.4 is 16.4 Å². The number of aryl methyl sites for hydroxylation is 1. The zero-order chi connectivity index (χ0) is 16.2. The van der Waals surface area contributed by atoms with Crippen LogP contribution in [-0.2, 0) is 0 Å². The summed E-state index contributed by atoms with van der Waals surface area (Å²) in [6.07, 6.45) is 1.49. The van der Waals surface area contributed by atoms with E-state index >= 15 is 0 Å². The molecule has 23 heavy (non-hydrogen) atoms. The minimum absolute atomic E-state index is 0.481. The number of hydrogen-bond donors (Lipinski definition) is 3. The van der Waals surface area contributed by atoms with Gasteiger partial charge < -0.3 is 16.4 Å². The van der Waals surface area contributed by atoms with Crippen molar-refractivity contribution < 1.29 is 0 Å². The molecule has 6 heteroatoms. The third-order valence-corrected chi connectivity index (χ3v) is 4.11. The lowest BCUT2D eigenvalue weighted by atomic mass is 10.2. The van der Waals surface area contributed by atoms with E-state index in [0.29, 0.717) is 17.3 Å². The number of nitrogen functional groups attached to an aromatic ring is 1. The van der Waals surface area contributed by atoms with Gasteiger partial charge in [0.15, 0.2) is 11.6 Å². The van der Waals surface area contributed by atoms with E-state index in [-0.39, 0.29) is 0 Å². The third-order valence-electron chi connectivity index (χ3n) is 3.39. The van der Waals surface area contributed by atoms with Crippen molar-refractivity contribution in [3.8, 4) is 0 Å². The van der Waals surface area contributed by atoms with Crippen molar-refractivity contribution in [3.05, 3.63) is 64.0 Å². The topological polar surface area (TPSA) is 75.9 Å². The molecule has 5 nitrogen and oxygen atoms in total. The van der Waals surface area contributed by atoms with E-state index in [1.165, 1.54) is 9.90 Å². The number of hydrogen-bond acceptors (Lipinski definition) is 5. The van der Waals surface area contributed by atoms with Crippen LogP contribution in [0.25, 0.3) is 0 Å². The third kappa shape index (κ3) is 3.70. The minimum atomic E-state index is 0.481. The monoisotopic (exact) mass is 417 g/mol. The maximum atomic E-state index is 6.21. The molecule has 0 radical (unpaired) electrons. The maximum Gasteiger partial charge on any atom is 0.159 e. The van der Waals surface area contributed by atoms with Crippen LogP contribution in [0.15, 0.2) is 54.9 Å². The Bertz CT molecular complexity index is 817. The van der Waals surface area contributed by atoms with Crippen molar-refractivity contribution in [1.29, 1.82) is 0 Å². The van der Waals surface area contributed by atoms with Gasteiger partial charge in [-0.1, -0.05) is 18.2 Å². The summed E-state index contributed by atoms with van der Waals surface area (Å²) in [6.45, 7) is 2.03. The smallest absolute Gasteiger partial charge is 0.159 e. The predicted octanol–water partition coefficient (Wildman–Crippen LogP) is 4.46. The Morgan fingerprint density at radius 2 is 1.57 bits per heavy atom. The van der Waals surface area contributed by atoms with Crippen LogP contribution >= 0.6 is 22.6 Å². The van der Waals surface area contributed by atoms with Crippen LogP contribution in [-0.4, -0.2) is 9.97 Å². The Balaban J connectivity index is 1.86. The van der Waals surface area contributed by atoms with Gasteiger partial charge in [-0.15, -0.1) is 0 Å². The lowest BCUT2D eigenvalue weighted by molar-refractivity contribution is 1.17. The van der Waals surface area contributed by atoms with Crippen molar-refractivity contribution >= 4 is 51.3 Å². The molecule has 3 rings (SSSR count). The number of nitrogens with zero attached hydrogens (tertiary/aromatic N) is 2. The summed E-state index contributed by atoms with van der Waals surface area (Å²) in [5, 5.41) is 6.48. The number of halogens is 1. The molecule has 0 amide bonds. The molecule has 0 atom stereocenters. The zero-order valence-electron chi connectivity index (χ0n) is 12.5. The molecule has 0 fully saturated rings. The number of nitrogens with one attached hydrogen (secondary N) is 2. The zero-order valence-corrected chi connectivity index (χ0v) is 14.7. The van der Waals surface area contributed by atoms with Gasteiger partial charge in [-0.2, -0.15) is 0 Å². The molecule has 0 aliphatic rings. The average Bonchev–Trinajstić information content (AvgIpc) is 2.55. The number of anilines is 5. The molecule has 0 bridgehead atoms. The molecule has 0 spiro atoms. The first-order valence-electron chi connectivity index (χ1n) is 7.09. The number of nitrogens with two attached hydrogens (primary N) is 1. The van der Waals surface area contributed by atoms with Gasteiger partial charge in [0.25, 0.3) is 0 Å². The number of benzene rings is 2. The molecular formula is C17H16IN5. The van der Waals surface area contributed by atoms with E-state index in [1.807, 2.05) is 55.5 Å². The first kappa shape index (κ1) is 15.5. The second kappa shape index (κ2) is 6.82. The van der Waals surface area contributed by atoms with Gasteiger partial charge in [-0.05, 0) is 65.4 Å². The lowest BCUT2D eigenvalue weighted by Crippen LogP contribution is -2.05. The van der Waals surface area contributed by atoms with Gasteiger partial charge in [-0.3, -0.25) is 0 Å². The minimum Gasteiger partial charge on any atom is -0.393 e. The van der Waals surface area contributed by atoms with Crippen LogP contribution in [0.3, 0.4) is 0 Å². The molecule has 1 aromatic heterocycles. The van der Waals surface area contributed by atoms with Crippen LogP contribution in [0.1, 0.15) is 5.56 Å². The van der Waals surface area contributed by atoms with Crippen molar-refractivity contribution in [3.63, 3.8) is 0 Å². The Kier molecular flexibility index (Phi) is 4.61. The molecule has 0 saturated heterocycles. The highest BCUT2D eigenvalue weighted by atomic mass is 127. The van der Waals surface area contributed by atoms with Gasteiger partial charge in [0.05, 0.1) is 0 Å². The van der Waals surface area contributed by atoms with Crippen molar-refractivity contribution in [1.82, 2.24) is 9.97 Å². The first-order valence-corrected chi connectivity index (χ1v) is 8.17. The second-order valence-electron chi connectivity index (χ2n) is 5.06. The average molecular weight is 417 g/mol. The van der Waals surface area contributed by atoms with E-state index in [0.717, 1.165) is 16.9 Å². The highest BCUT2D eigenvalue weighted by molar-refractivity contribution is 14.1. The summed E-state index contributed by atoms with van der Waals surface area (Å²) in [5.74, 6) is 1.17. The molecule has 116 valence electrons. The van der Waals surface area contributed by atoms with Crippen LogP contribution in [0, 0.1) is 10.5 Å². The fourth-order valence-corrected chi connectivity index (χ4v) is 2.47. The summed E-state index contributed by atoms with van der Waals surface area (Å²) in [6, 6.07) is 16.0. The summed E-state index contributed by atoms with van der Waals surface area (Å²) in [5.41, 5.74) is 9.71. The van der Waals surface area contributed by atoms with Gasteiger partial charge in [-0.25, -0.2) is 9.97 Å². The summed E-state index contributed by atoms with van der Waals surface area (Å²) < 4.78 is 1.17. The second-order valence-corrected chi connectivity index (χ2v) is 6.30. The Morgan fingerprint density at radius 3 is 2.26 bits per heavy atom. The summed E-state index contributed by atoms with van der Waals surface area (Å²) in [7, 11) is 0. The van der Waals surface area contributed by atoms with Gasteiger partial charge in [0.1, 0.15) is 12.0 Å². The predicted molar refractivity (Wildman–Crippen MR) is 103 cm³/mol. The fraction of sp³-hybridized carbons (Fsp3) is 0.0588. The standard InChI is InChI=1S/C17H16IN5/c1-11-4-2-3-5-14(11)23-17-15(19)16(20-10-21-17)22-13-8-6-12(18)7-9-13/h2-10H,19H2,1H3,(H2,20,21,22,23). The molecule has 0 saturated carbocycles. The molecule has 4 N–H and O–H groups in total. The van der Waals surface area contributed by atoms with E-state index in [9.17, 15) is 0 Å². The van der Waals surface area contributed by atoms with Crippen LogP contribution in [0.4, 0.5) is 28.7 Å². The molecule has 1 heterocycles. The first-order chi connectivity index (χ1) is 11.1. The molecule has 0 unspecified atom stereocenters. The fourth-order valence-electron chi connectivity index (χ4n) is 2.11. The van der Waals surface area contributed by atoms with E-state index in [2.05, 4.69) is 43.2 Å². The summed E-state index contributed by atoms with van der Waals surface area (Å²) in [4.78, 5) is 8.47. The molecule has 2 aromatic carbocycles. The van der Waals surface area contributed by atoms with E-state index in [4.69, 9.17) is 5.73 Å². The Labute approximate surface area is 148 Å². The van der Waals surface area contributed by atoms with Crippen molar-refractivity contribution in [2.24, 2.45) is 0 Å². The van der Waals surface area contributed by atoms with Gasteiger partial charge in [0.2, 0.25) is 0 Å². The van der Waals surface area contributed by atoms with Crippen molar-refractivity contribution in [2.75, 3.05) is 16.4 Å². The van der Waals surface area contributed by atoms with Gasteiger partial charge in [0, 0.05) is 14.9 Å². The van der Waals surface area contributed by atoms with Crippen molar-refractivity contribution in [2.45, 2.75) is 6.92 Å². The molecular weight excluding hydrogens is 401 g/mol.